The summed E-state index contributed by atoms with van der Waals surface area (Å²) in [7, 11) is 0. The van der Waals surface area contributed by atoms with E-state index in [0.29, 0.717) is 0 Å². The minimum absolute atomic E-state index is 0. The number of anilines is 3. The molecule has 0 saturated heterocycles. The Morgan fingerprint density at radius 3 is 1.92 bits per heavy atom. The van der Waals surface area contributed by atoms with Crippen molar-refractivity contribution >= 4 is 17.2 Å². The van der Waals surface area contributed by atoms with E-state index >= 15 is 0 Å². The summed E-state index contributed by atoms with van der Waals surface area (Å²) in [5.41, 5.74) is 9.37. The van der Waals surface area contributed by atoms with E-state index in [1.165, 1.54) is 5.56 Å². The number of aromatic nitrogens is 2. The van der Waals surface area contributed by atoms with Crippen molar-refractivity contribution in [2.75, 3.05) is 4.90 Å². The third-order valence-corrected chi connectivity index (χ3v) is 8.41. The van der Waals surface area contributed by atoms with E-state index in [9.17, 15) is 5.11 Å². The minimum atomic E-state index is -0.155. The van der Waals surface area contributed by atoms with Crippen molar-refractivity contribution in [1.29, 1.82) is 0 Å². The molecule has 0 aliphatic carbocycles. The van der Waals surface area contributed by atoms with Crippen molar-refractivity contribution < 1.29 is 26.2 Å². The number of benzene rings is 4. The van der Waals surface area contributed by atoms with Gasteiger partial charge in [0, 0.05) is 38.5 Å². The Labute approximate surface area is 299 Å². The zero-order chi connectivity index (χ0) is 33.2. The standard InChI is InChI=1S/C43H42N3O.Pt/c1-42(2,3)33-25-32(26-36(27-33)46(35-17-11-8-12-18-35)41-19-13-14-22-44-41)38-28-34(43(4,5)6)29-39(45-38)37-24-31(20-21-40(37)47)23-30-15-9-7-10-16-30;/h7-22,24-25,27-29,47H,23H2,1-6H3;/q-1;. The van der Waals surface area contributed by atoms with Crippen LogP contribution in [0.4, 0.5) is 17.2 Å². The third-order valence-electron chi connectivity index (χ3n) is 8.41. The number of hydrogen-bond acceptors (Lipinski definition) is 4. The van der Waals surface area contributed by atoms with Gasteiger partial charge in [-0.3, -0.25) is 4.98 Å². The van der Waals surface area contributed by atoms with Gasteiger partial charge in [0.2, 0.25) is 0 Å². The Balaban J connectivity index is 0.00000451. The maximum absolute atomic E-state index is 11.2. The predicted octanol–water partition coefficient (Wildman–Crippen LogP) is 11.0. The maximum Gasteiger partial charge on any atom is 0.136 e. The molecule has 5 heteroatoms. The molecule has 6 aromatic rings. The van der Waals surface area contributed by atoms with Gasteiger partial charge in [0.25, 0.3) is 0 Å². The van der Waals surface area contributed by atoms with Crippen LogP contribution in [0.3, 0.4) is 0 Å². The Morgan fingerprint density at radius 2 is 1.27 bits per heavy atom. The molecule has 0 amide bonds. The van der Waals surface area contributed by atoms with Crippen molar-refractivity contribution in [3.63, 3.8) is 0 Å². The SMILES string of the molecule is CC(C)(C)c1cc(-c2cc(C(C)(C)C)cc(-c3cc(Cc4ccccc4)ccc3O)n2)[c-]c(N(c2ccccc2)c2ccccn2)c1.[Pt]. The van der Waals surface area contributed by atoms with E-state index in [2.05, 4.69) is 119 Å². The molecule has 6 rings (SSSR count). The fourth-order valence-electron chi connectivity index (χ4n) is 5.67. The fraction of sp³-hybridized carbons (Fsp3) is 0.209. The first-order chi connectivity index (χ1) is 22.5. The van der Waals surface area contributed by atoms with Gasteiger partial charge in [0.1, 0.15) is 11.6 Å². The summed E-state index contributed by atoms with van der Waals surface area (Å²) in [6, 6.07) is 44.9. The van der Waals surface area contributed by atoms with E-state index in [4.69, 9.17) is 9.97 Å². The molecule has 2 heterocycles. The molecule has 1 N–H and O–H groups in total. The average molecular weight is 812 g/mol. The van der Waals surface area contributed by atoms with Crippen molar-refractivity contribution in [2.24, 2.45) is 0 Å². The molecule has 4 aromatic carbocycles. The van der Waals surface area contributed by atoms with Gasteiger partial charge in [-0.1, -0.05) is 108 Å². The summed E-state index contributed by atoms with van der Waals surface area (Å²) in [6.45, 7) is 13.3. The van der Waals surface area contributed by atoms with Crippen LogP contribution >= 0.6 is 0 Å². The van der Waals surface area contributed by atoms with Crippen LogP contribution in [0.25, 0.3) is 22.5 Å². The van der Waals surface area contributed by atoms with Crippen molar-refractivity contribution in [1.82, 2.24) is 9.97 Å². The normalized spacial score (nSPS) is 11.5. The van der Waals surface area contributed by atoms with E-state index in [1.807, 2.05) is 54.7 Å². The zero-order valence-corrected chi connectivity index (χ0v) is 30.7. The molecule has 48 heavy (non-hydrogen) atoms. The molecule has 246 valence electrons. The van der Waals surface area contributed by atoms with Crippen molar-refractivity contribution in [3.8, 4) is 28.3 Å². The van der Waals surface area contributed by atoms with E-state index < -0.39 is 0 Å². The summed E-state index contributed by atoms with van der Waals surface area (Å²) >= 11 is 0. The second-order valence-electron chi connectivity index (χ2n) is 14.2. The van der Waals surface area contributed by atoms with Gasteiger partial charge in [-0.15, -0.1) is 29.3 Å². The molecule has 0 fully saturated rings. The Morgan fingerprint density at radius 1 is 0.646 bits per heavy atom. The monoisotopic (exact) mass is 811 g/mol. The van der Waals surface area contributed by atoms with Crippen molar-refractivity contribution in [3.05, 3.63) is 156 Å². The predicted molar refractivity (Wildman–Crippen MR) is 195 cm³/mol. The van der Waals surface area contributed by atoms with Gasteiger partial charge in [0.15, 0.2) is 0 Å². The van der Waals surface area contributed by atoms with Gasteiger partial charge >= 0.3 is 0 Å². The van der Waals surface area contributed by atoms with Gasteiger partial charge < -0.3 is 10.0 Å². The van der Waals surface area contributed by atoms with Gasteiger partial charge in [-0.2, -0.15) is 0 Å². The molecule has 2 aromatic heterocycles. The topological polar surface area (TPSA) is 49.3 Å². The summed E-state index contributed by atoms with van der Waals surface area (Å²) in [6.07, 6.45) is 2.59. The van der Waals surface area contributed by atoms with Gasteiger partial charge in [-0.25, -0.2) is 4.98 Å². The molecular formula is C43H42N3OPt-. The van der Waals surface area contributed by atoms with Crippen LogP contribution in [-0.2, 0) is 38.3 Å². The fourth-order valence-corrected chi connectivity index (χ4v) is 5.67. The molecule has 0 atom stereocenters. The zero-order valence-electron chi connectivity index (χ0n) is 28.4. The average Bonchev–Trinajstić information content (AvgIpc) is 3.06. The number of aromatic hydroxyl groups is 1. The number of rotatable bonds is 7. The smallest absolute Gasteiger partial charge is 0.136 e. The number of nitrogens with zero attached hydrogens (tertiary/aromatic N) is 3. The number of phenols is 1. The summed E-state index contributed by atoms with van der Waals surface area (Å²) in [5, 5.41) is 11.2. The number of para-hydroxylation sites is 1. The third kappa shape index (κ3) is 7.94. The van der Waals surface area contributed by atoms with Gasteiger partial charge in [-0.05, 0) is 87.8 Å². The summed E-state index contributed by atoms with van der Waals surface area (Å²) in [4.78, 5) is 12.1. The minimum Gasteiger partial charge on any atom is -0.507 e. The van der Waals surface area contributed by atoms with Crippen LogP contribution in [0, 0.1) is 6.07 Å². The first-order valence-electron chi connectivity index (χ1n) is 16.2. The molecule has 0 aliphatic rings. The van der Waals surface area contributed by atoms with Crippen LogP contribution in [0.5, 0.6) is 5.75 Å². The Hall–Kier alpha value is -4.53. The summed E-state index contributed by atoms with van der Waals surface area (Å²) < 4.78 is 0. The molecule has 4 nitrogen and oxygen atoms in total. The van der Waals surface area contributed by atoms with Crippen LogP contribution in [0.2, 0.25) is 0 Å². The molecule has 0 radical (unpaired) electrons. The molecular weight excluding hydrogens is 770 g/mol. The first kappa shape index (κ1) is 34.8. The molecule has 0 spiro atoms. The van der Waals surface area contributed by atoms with Crippen molar-refractivity contribution in [2.45, 2.75) is 58.8 Å². The van der Waals surface area contributed by atoms with E-state index in [-0.39, 0.29) is 37.6 Å². The second kappa shape index (κ2) is 14.3. The number of phenolic OH excluding ortho intramolecular Hbond substituents is 1. The van der Waals surface area contributed by atoms with E-state index in [1.54, 1.807) is 6.07 Å². The largest absolute Gasteiger partial charge is 0.507 e. The maximum atomic E-state index is 11.2. The number of hydrogen-bond donors (Lipinski definition) is 1. The Bertz CT molecular complexity index is 1940. The van der Waals surface area contributed by atoms with Crippen LogP contribution in [0.15, 0.2) is 128 Å². The first-order valence-corrected chi connectivity index (χ1v) is 16.2. The second-order valence-corrected chi connectivity index (χ2v) is 14.2. The van der Waals surface area contributed by atoms with Gasteiger partial charge in [0.05, 0.1) is 5.69 Å². The van der Waals surface area contributed by atoms with Crippen LogP contribution < -0.4 is 4.90 Å². The van der Waals surface area contributed by atoms with Crippen LogP contribution in [0.1, 0.15) is 63.8 Å². The molecule has 0 aliphatic heterocycles. The molecule has 0 bridgehead atoms. The molecule has 0 unspecified atom stereocenters. The quantitative estimate of drug-likeness (QED) is 0.163. The van der Waals surface area contributed by atoms with Crippen LogP contribution in [-0.4, -0.2) is 15.1 Å². The molecule has 0 saturated carbocycles. The Kier molecular flexibility index (Phi) is 10.4. The summed E-state index contributed by atoms with van der Waals surface area (Å²) in [5.74, 6) is 1.02. The van der Waals surface area contributed by atoms with E-state index in [0.717, 1.165) is 62.8 Å². The number of pyridine rings is 2.